The van der Waals surface area contributed by atoms with Crippen LogP contribution < -0.4 is 15.7 Å². The normalized spacial score (nSPS) is 13.3. The third-order valence-electron chi connectivity index (χ3n) is 5.40. The van der Waals surface area contributed by atoms with Crippen LogP contribution in [0.4, 0.5) is 0 Å². The zero-order valence-electron chi connectivity index (χ0n) is 17.8. The van der Waals surface area contributed by atoms with E-state index in [4.69, 9.17) is 9.47 Å². The van der Waals surface area contributed by atoms with E-state index in [1.165, 1.54) is 0 Å². The molecule has 8 nitrogen and oxygen atoms in total. The van der Waals surface area contributed by atoms with Crippen LogP contribution in [0.5, 0.6) is 5.75 Å². The van der Waals surface area contributed by atoms with Crippen LogP contribution in [-0.4, -0.2) is 35.4 Å². The second-order valence-corrected chi connectivity index (χ2v) is 7.42. The van der Waals surface area contributed by atoms with E-state index in [9.17, 15) is 9.59 Å². The molecule has 0 aliphatic carbocycles. The molecule has 0 unspecified atom stereocenters. The zero-order valence-corrected chi connectivity index (χ0v) is 17.8. The Balaban J connectivity index is 1.56. The minimum atomic E-state index is -0.366. The number of carbonyl (C=O) groups excluding carboxylic acids is 1. The van der Waals surface area contributed by atoms with Gasteiger partial charge in [-0.25, -0.2) is 10.4 Å². The Morgan fingerprint density at radius 2 is 2.00 bits per heavy atom. The van der Waals surface area contributed by atoms with Crippen molar-refractivity contribution >= 4 is 22.5 Å². The van der Waals surface area contributed by atoms with E-state index < -0.39 is 0 Å². The number of hydrogen-bond acceptors (Lipinski definition) is 6. The van der Waals surface area contributed by atoms with Crippen molar-refractivity contribution in [2.75, 3.05) is 14.2 Å². The molecule has 2 aromatic carbocycles. The first-order valence-corrected chi connectivity index (χ1v) is 10.1. The maximum Gasteiger partial charge on any atom is 0.271 e. The predicted molar refractivity (Wildman–Crippen MR) is 118 cm³/mol. The van der Waals surface area contributed by atoms with Gasteiger partial charge in [-0.3, -0.25) is 14.2 Å². The number of fused-ring (bicyclic) bond motifs is 2. The number of hydrazone groups is 1. The Morgan fingerprint density at radius 1 is 1.19 bits per heavy atom. The highest BCUT2D eigenvalue weighted by Gasteiger charge is 2.17. The van der Waals surface area contributed by atoms with Crippen molar-refractivity contribution in [2.24, 2.45) is 5.10 Å². The lowest BCUT2D eigenvalue weighted by Gasteiger charge is -2.10. The van der Waals surface area contributed by atoms with E-state index in [1.54, 1.807) is 37.0 Å². The van der Waals surface area contributed by atoms with Gasteiger partial charge in [-0.2, -0.15) is 5.10 Å². The van der Waals surface area contributed by atoms with Gasteiger partial charge in [0.25, 0.3) is 11.5 Å². The van der Waals surface area contributed by atoms with E-state index in [-0.39, 0.29) is 11.5 Å². The lowest BCUT2D eigenvalue weighted by atomic mass is 10.1. The summed E-state index contributed by atoms with van der Waals surface area (Å²) in [6.07, 6.45) is 1.69. The van der Waals surface area contributed by atoms with Crippen LogP contribution in [0.15, 0.2) is 46.3 Å². The summed E-state index contributed by atoms with van der Waals surface area (Å²) in [6.45, 7) is 2.92. The Kier molecular flexibility index (Phi) is 5.81. The molecule has 0 bridgehead atoms. The Morgan fingerprint density at radius 3 is 2.77 bits per heavy atom. The van der Waals surface area contributed by atoms with Gasteiger partial charge in [-0.15, -0.1) is 0 Å². The molecule has 3 aromatic rings. The maximum absolute atomic E-state index is 12.6. The highest BCUT2D eigenvalue weighted by atomic mass is 16.5. The fourth-order valence-electron chi connectivity index (χ4n) is 3.76. The number of aromatic nitrogens is 2. The van der Waals surface area contributed by atoms with Crippen LogP contribution in [0.3, 0.4) is 0 Å². The Hall–Kier alpha value is -3.52. The van der Waals surface area contributed by atoms with Crippen molar-refractivity contribution in [2.45, 2.75) is 32.9 Å². The van der Waals surface area contributed by atoms with Gasteiger partial charge in [0.15, 0.2) is 0 Å². The van der Waals surface area contributed by atoms with E-state index in [0.717, 1.165) is 35.5 Å². The summed E-state index contributed by atoms with van der Waals surface area (Å²) < 4.78 is 12.3. The number of amides is 1. The number of aryl methyl sites for hydroxylation is 1. The molecule has 0 saturated carbocycles. The summed E-state index contributed by atoms with van der Waals surface area (Å²) in [5.41, 5.74) is 5.84. The van der Waals surface area contributed by atoms with Gasteiger partial charge in [0.1, 0.15) is 11.6 Å². The van der Waals surface area contributed by atoms with Crippen LogP contribution in [0.25, 0.3) is 10.9 Å². The summed E-state index contributed by atoms with van der Waals surface area (Å²) in [5.74, 6) is 1.14. The fraction of sp³-hybridized carbons (Fsp3) is 0.304. The van der Waals surface area contributed by atoms with Gasteiger partial charge >= 0.3 is 0 Å². The molecule has 1 N–H and O–H groups in total. The third kappa shape index (κ3) is 4.06. The lowest BCUT2D eigenvalue weighted by molar-refractivity contribution is 0.0955. The van der Waals surface area contributed by atoms with Crippen molar-refractivity contribution < 1.29 is 14.3 Å². The second kappa shape index (κ2) is 8.69. The predicted octanol–water partition coefficient (Wildman–Crippen LogP) is 2.65. The minimum Gasteiger partial charge on any atom is -0.496 e. The molecule has 0 saturated heterocycles. The third-order valence-corrected chi connectivity index (χ3v) is 5.40. The molecule has 4 rings (SSSR count). The van der Waals surface area contributed by atoms with Gasteiger partial charge in [0.05, 0.1) is 30.3 Å². The van der Waals surface area contributed by atoms with E-state index in [1.807, 2.05) is 25.1 Å². The van der Waals surface area contributed by atoms with Gasteiger partial charge < -0.3 is 9.47 Å². The molecular formula is C23H24N4O4. The van der Waals surface area contributed by atoms with Crippen molar-refractivity contribution in [1.29, 1.82) is 0 Å². The quantitative estimate of drug-likeness (QED) is 0.489. The summed E-state index contributed by atoms with van der Waals surface area (Å²) in [4.78, 5) is 29.8. The molecule has 1 aliphatic rings. The number of methoxy groups -OCH3 is 2. The van der Waals surface area contributed by atoms with Crippen LogP contribution in [-0.2, 0) is 24.3 Å². The van der Waals surface area contributed by atoms with E-state index in [0.29, 0.717) is 35.3 Å². The maximum atomic E-state index is 12.6. The minimum absolute atomic E-state index is 0.0512. The van der Waals surface area contributed by atoms with E-state index >= 15 is 0 Å². The molecule has 1 aromatic heterocycles. The van der Waals surface area contributed by atoms with E-state index in [2.05, 4.69) is 15.5 Å². The van der Waals surface area contributed by atoms with Crippen LogP contribution in [0.2, 0.25) is 0 Å². The Bertz CT molecular complexity index is 1250. The molecule has 0 atom stereocenters. The van der Waals surface area contributed by atoms with Crippen molar-refractivity contribution in [1.82, 2.24) is 15.0 Å². The average Bonchev–Trinajstić information content (AvgIpc) is 3.26. The average molecular weight is 420 g/mol. The fourth-order valence-corrected chi connectivity index (χ4v) is 3.76. The molecule has 31 heavy (non-hydrogen) atoms. The van der Waals surface area contributed by atoms with Gasteiger partial charge in [0.2, 0.25) is 0 Å². The van der Waals surface area contributed by atoms with Crippen LogP contribution >= 0.6 is 0 Å². The SMILES string of the molecule is COCc1cc(/C(C)=N\NC(=O)c2ccc3c(=O)n4c(nc3c2)CCC4)ccc1OC. The molecule has 1 aliphatic heterocycles. The van der Waals surface area contributed by atoms with Crippen LogP contribution in [0.1, 0.15) is 40.7 Å². The first-order valence-electron chi connectivity index (χ1n) is 10.1. The number of nitrogens with zero attached hydrogens (tertiary/aromatic N) is 3. The molecule has 8 heteroatoms. The first-order chi connectivity index (χ1) is 15.0. The van der Waals surface area contributed by atoms with Gasteiger partial charge in [0, 0.05) is 31.2 Å². The molecular weight excluding hydrogens is 396 g/mol. The summed E-state index contributed by atoms with van der Waals surface area (Å²) in [7, 11) is 3.23. The standard InChI is InChI=1S/C23H24N4O4/c1-14(15-7-9-20(31-3)17(11-15)13-30-2)25-26-22(28)16-6-8-18-19(12-16)24-21-5-4-10-27(21)23(18)29/h6-9,11-12H,4-5,10,13H2,1-3H3,(H,26,28)/b25-14-. The summed E-state index contributed by atoms with van der Waals surface area (Å²) in [5, 5.41) is 4.75. The summed E-state index contributed by atoms with van der Waals surface area (Å²) in [6, 6.07) is 10.6. The topological polar surface area (TPSA) is 94.8 Å². The Labute approximate surface area is 179 Å². The smallest absolute Gasteiger partial charge is 0.271 e. The molecule has 1 amide bonds. The largest absolute Gasteiger partial charge is 0.496 e. The van der Waals surface area contributed by atoms with Crippen molar-refractivity contribution in [3.8, 4) is 5.75 Å². The monoisotopic (exact) mass is 420 g/mol. The van der Waals surface area contributed by atoms with Crippen LogP contribution in [0, 0.1) is 0 Å². The molecule has 0 spiro atoms. The highest BCUT2D eigenvalue weighted by molar-refractivity contribution is 6.02. The summed E-state index contributed by atoms with van der Waals surface area (Å²) >= 11 is 0. The number of benzene rings is 2. The van der Waals surface area contributed by atoms with Crippen molar-refractivity contribution in [3.63, 3.8) is 0 Å². The first kappa shape index (κ1) is 20.7. The number of carbonyl (C=O) groups is 1. The highest BCUT2D eigenvalue weighted by Crippen LogP contribution is 2.21. The second-order valence-electron chi connectivity index (χ2n) is 7.42. The van der Waals surface area contributed by atoms with Crippen molar-refractivity contribution in [3.05, 3.63) is 69.3 Å². The zero-order chi connectivity index (χ0) is 22.0. The number of hydrogen-bond donors (Lipinski definition) is 1. The van der Waals surface area contributed by atoms with Gasteiger partial charge in [-0.05, 0) is 55.3 Å². The number of nitrogens with one attached hydrogen (secondary N) is 1. The number of rotatable bonds is 6. The molecule has 0 radical (unpaired) electrons. The lowest BCUT2D eigenvalue weighted by Crippen LogP contribution is -2.22. The van der Waals surface area contributed by atoms with Gasteiger partial charge in [-0.1, -0.05) is 0 Å². The molecule has 160 valence electrons. The number of ether oxygens (including phenoxy) is 2. The molecule has 2 heterocycles. The molecule has 0 fully saturated rings.